The van der Waals surface area contributed by atoms with E-state index < -0.39 is 17.6 Å². The van der Waals surface area contributed by atoms with E-state index in [-0.39, 0.29) is 44.0 Å². The van der Waals surface area contributed by atoms with Crippen LogP contribution in [0.4, 0.5) is 8.78 Å². The Balaban J connectivity index is 1.55. The Labute approximate surface area is 203 Å². The molecule has 0 aliphatic carbocycles. The van der Waals surface area contributed by atoms with E-state index in [1.807, 2.05) is 30.3 Å². The molecular formula is C27H27F2NO5. The number of hydrogen-bond donors (Lipinski definition) is 0. The van der Waals surface area contributed by atoms with Gasteiger partial charge in [0, 0.05) is 18.1 Å². The molecule has 0 saturated carbocycles. The summed E-state index contributed by atoms with van der Waals surface area (Å²) < 4.78 is 44.8. The summed E-state index contributed by atoms with van der Waals surface area (Å²) in [5.41, 5.74) is 2.37. The molecule has 184 valence electrons. The largest absolute Gasteiger partial charge is 0.487 e. The molecule has 0 N–H and O–H groups in total. The highest BCUT2D eigenvalue weighted by molar-refractivity contribution is 6.01. The quantitative estimate of drug-likeness (QED) is 0.194. The molecule has 8 heteroatoms. The fraction of sp³-hybridized carbons (Fsp3) is 0.259. The van der Waals surface area contributed by atoms with Crippen molar-refractivity contribution in [3.63, 3.8) is 0 Å². The van der Waals surface area contributed by atoms with Gasteiger partial charge < -0.3 is 19.0 Å². The van der Waals surface area contributed by atoms with Crippen LogP contribution >= 0.6 is 0 Å². The summed E-state index contributed by atoms with van der Waals surface area (Å²) in [6.07, 6.45) is 0.0212. The molecule has 0 heterocycles. The lowest BCUT2D eigenvalue weighted by molar-refractivity contribution is -0.143. The van der Waals surface area contributed by atoms with Crippen molar-refractivity contribution < 1.29 is 32.6 Å². The van der Waals surface area contributed by atoms with Gasteiger partial charge in [-0.25, -0.2) is 8.78 Å². The van der Waals surface area contributed by atoms with Gasteiger partial charge >= 0.3 is 5.97 Å². The second-order valence-electron chi connectivity index (χ2n) is 7.49. The van der Waals surface area contributed by atoms with Crippen LogP contribution in [0.25, 0.3) is 0 Å². The van der Waals surface area contributed by atoms with Crippen LogP contribution in [-0.2, 0) is 27.4 Å². The van der Waals surface area contributed by atoms with Gasteiger partial charge in [-0.15, -0.1) is 0 Å². The van der Waals surface area contributed by atoms with Gasteiger partial charge in [0.25, 0.3) is 0 Å². The molecule has 0 aliphatic heterocycles. The average Bonchev–Trinajstić information content (AvgIpc) is 2.87. The summed E-state index contributed by atoms with van der Waals surface area (Å²) in [7, 11) is 1.48. The number of carbonyl (C=O) groups is 1. The highest BCUT2D eigenvalue weighted by Gasteiger charge is 2.13. The van der Waals surface area contributed by atoms with Crippen LogP contribution < -0.4 is 9.47 Å². The number of aryl methyl sites for hydroxylation is 1. The molecule has 0 atom stereocenters. The third-order valence-corrected chi connectivity index (χ3v) is 5.01. The van der Waals surface area contributed by atoms with Crippen LogP contribution in [0.2, 0.25) is 0 Å². The highest BCUT2D eigenvalue weighted by Crippen LogP contribution is 2.24. The van der Waals surface area contributed by atoms with Gasteiger partial charge in [-0.2, -0.15) is 0 Å². The number of ether oxygens (including phenoxy) is 3. The maximum Gasteiger partial charge on any atom is 0.306 e. The molecule has 35 heavy (non-hydrogen) atoms. The van der Waals surface area contributed by atoms with Gasteiger partial charge in [-0.1, -0.05) is 47.6 Å². The molecule has 0 unspecified atom stereocenters. The van der Waals surface area contributed by atoms with Crippen molar-refractivity contribution in [2.24, 2.45) is 5.16 Å². The van der Waals surface area contributed by atoms with Gasteiger partial charge in [0.05, 0.1) is 6.61 Å². The summed E-state index contributed by atoms with van der Waals surface area (Å²) in [6.45, 7) is 2.18. The predicted octanol–water partition coefficient (Wildman–Crippen LogP) is 5.47. The number of benzene rings is 3. The van der Waals surface area contributed by atoms with Crippen molar-refractivity contribution in [1.82, 2.24) is 0 Å². The molecule has 0 radical (unpaired) electrons. The van der Waals surface area contributed by atoms with Crippen molar-refractivity contribution in [3.05, 3.63) is 95.1 Å². The zero-order valence-electron chi connectivity index (χ0n) is 19.6. The van der Waals surface area contributed by atoms with E-state index in [0.29, 0.717) is 11.5 Å². The molecule has 0 spiro atoms. The first-order valence-electron chi connectivity index (χ1n) is 11.1. The number of esters is 1. The Bertz CT molecular complexity index is 1130. The number of hydrogen-bond acceptors (Lipinski definition) is 6. The summed E-state index contributed by atoms with van der Waals surface area (Å²) in [5.74, 6) is -1.39. The lowest BCUT2D eigenvalue weighted by Gasteiger charge is -2.11. The Hall–Kier alpha value is -3.94. The molecule has 3 aromatic carbocycles. The zero-order valence-corrected chi connectivity index (χ0v) is 19.6. The molecule has 6 nitrogen and oxygen atoms in total. The summed E-state index contributed by atoms with van der Waals surface area (Å²) in [5, 5.41) is 4.02. The maximum absolute atomic E-state index is 14.4. The first kappa shape index (κ1) is 25.7. The Morgan fingerprint density at radius 1 is 0.943 bits per heavy atom. The molecule has 3 aromatic rings. The van der Waals surface area contributed by atoms with Crippen molar-refractivity contribution in [1.29, 1.82) is 0 Å². The van der Waals surface area contributed by atoms with E-state index in [1.54, 1.807) is 31.2 Å². The maximum atomic E-state index is 14.4. The topological polar surface area (TPSA) is 66.4 Å². The van der Waals surface area contributed by atoms with Crippen LogP contribution in [0.5, 0.6) is 11.5 Å². The van der Waals surface area contributed by atoms with Crippen LogP contribution in [0.3, 0.4) is 0 Å². The van der Waals surface area contributed by atoms with Crippen molar-refractivity contribution in [2.75, 3.05) is 20.3 Å². The number of nitrogens with zero attached hydrogens (tertiary/aromatic N) is 1. The van der Waals surface area contributed by atoms with Gasteiger partial charge in [-0.3, -0.25) is 4.79 Å². The number of oxime groups is 1. The average molecular weight is 484 g/mol. The lowest BCUT2D eigenvalue weighted by Crippen LogP contribution is -2.13. The van der Waals surface area contributed by atoms with E-state index in [2.05, 4.69) is 5.16 Å². The minimum Gasteiger partial charge on any atom is -0.487 e. The lowest BCUT2D eigenvalue weighted by atomic mass is 10.1. The third kappa shape index (κ3) is 7.81. The Morgan fingerprint density at radius 2 is 1.69 bits per heavy atom. The minimum atomic E-state index is -0.698. The van der Waals surface area contributed by atoms with E-state index in [4.69, 9.17) is 19.0 Å². The fourth-order valence-corrected chi connectivity index (χ4v) is 3.24. The van der Waals surface area contributed by atoms with Crippen LogP contribution in [-0.4, -0.2) is 32.0 Å². The van der Waals surface area contributed by atoms with Crippen molar-refractivity contribution >= 4 is 11.7 Å². The SMILES string of the molecule is CCOC(=O)CCc1cc(F)c(OCc2ccc(OCC(=NOC)c3ccccc3)cc2)cc1F. The molecule has 0 bridgehead atoms. The van der Waals surface area contributed by atoms with E-state index in [9.17, 15) is 13.6 Å². The minimum absolute atomic E-state index is 0.0248. The molecule has 0 aromatic heterocycles. The van der Waals surface area contributed by atoms with Gasteiger partial charge in [-0.05, 0) is 42.7 Å². The second-order valence-corrected chi connectivity index (χ2v) is 7.49. The first-order valence-corrected chi connectivity index (χ1v) is 11.1. The van der Waals surface area contributed by atoms with E-state index >= 15 is 0 Å². The van der Waals surface area contributed by atoms with Crippen molar-refractivity contribution in [2.45, 2.75) is 26.4 Å². The number of halogens is 2. The summed E-state index contributed by atoms with van der Waals surface area (Å²) in [6, 6.07) is 18.6. The van der Waals surface area contributed by atoms with Crippen molar-refractivity contribution in [3.8, 4) is 11.5 Å². The summed E-state index contributed by atoms with van der Waals surface area (Å²) in [4.78, 5) is 16.4. The molecule has 0 amide bonds. The van der Waals surface area contributed by atoms with E-state index in [0.717, 1.165) is 23.3 Å². The zero-order chi connectivity index (χ0) is 25.0. The second kappa shape index (κ2) is 13.1. The fourth-order valence-electron chi connectivity index (χ4n) is 3.24. The van der Waals surface area contributed by atoms with Crippen LogP contribution in [0.15, 0.2) is 71.9 Å². The smallest absolute Gasteiger partial charge is 0.306 e. The molecule has 3 rings (SSSR count). The summed E-state index contributed by atoms with van der Waals surface area (Å²) >= 11 is 0. The number of rotatable bonds is 12. The molecule has 0 aliphatic rings. The first-order chi connectivity index (χ1) is 17.0. The number of carbonyl (C=O) groups excluding carboxylic acids is 1. The Kier molecular flexibility index (Phi) is 9.59. The van der Waals surface area contributed by atoms with Gasteiger partial charge in [0.15, 0.2) is 11.6 Å². The van der Waals surface area contributed by atoms with Crippen LogP contribution in [0.1, 0.15) is 30.0 Å². The predicted molar refractivity (Wildman–Crippen MR) is 128 cm³/mol. The molecule has 0 saturated heterocycles. The third-order valence-electron chi connectivity index (χ3n) is 5.01. The molecular weight excluding hydrogens is 456 g/mol. The van der Waals surface area contributed by atoms with E-state index in [1.165, 1.54) is 7.11 Å². The monoisotopic (exact) mass is 483 g/mol. The highest BCUT2D eigenvalue weighted by atomic mass is 19.1. The molecule has 0 fully saturated rings. The normalized spacial score (nSPS) is 11.1. The van der Waals surface area contributed by atoms with Crippen LogP contribution in [0, 0.1) is 11.6 Å². The van der Waals surface area contributed by atoms with Gasteiger partial charge in [0.1, 0.15) is 37.6 Å². The Morgan fingerprint density at radius 3 is 2.37 bits per heavy atom. The standard InChI is InChI=1S/C27H27F2NO5/c1-3-33-27(31)14-11-21-15-24(29)26(16-23(21)28)35-17-19-9-12-22(13-10-19)34-18-25(30-32-2)20-7-5-4-6-8-20/h4-10,12-13,15-16H,3,11,14,17-18H2,1-2H3. The van der Waals surface area contributed by atoms with Gasteiger partial charge in [0.2, 0.25) is 0 Å².